The summed E-state index contributed by atoms with van der Waals surface area (Å²) in [5.74, 6) is -1.02. The van der Waals surface area contributed by atoms with Crippen molar-refractivity contribution in [2.45, 2.75) is 0 Å². The standard InChI is InChI=1S/C13H8N2O3/c16-10-3-4-14-12-9(10)2-1-7-5-8(13(17)18)6-15-11(7)12/h1-6H,(H,14,16)(H,17,18). The molecule has 2 aromatic heterocycles. The van der Waals surface area contributed by atoms with Crippen molar-refractivity contribution >= 4 is 27.8 Å². The van der Waals surface area contributed by atoms with Gasteiger partial charge in [-0.2, -0.15) is 0 Å². The van der Waals surface area contributed by atoms with Gasteiger partial charge in [0, 0.05) is 29.2 Å². The lowest BCUT2D eigenvalue weighted by Crippen LogP contribution is -2.02. The number of carboxylic acids is 1. The van der Waals surface area contributed by atoms with Gasteiger partial charge in [0.2, 0.25) is 0 Å². The molecule has 0 amide bonds. The molecule has 2 heterocycles. The van der Waals surface area contributed by atoms with Crippen molar-refractivity contribution in [1.82, 2.24) is 9.97 Å². The van der Waals surface area contributed by atoms with E-state index in [9.17, 15) is 9.59 Å². The zero-order chi connectivity index (χ0) is 12.7. The minimum Gasteiger partial charge on any atom is -0.478 e. The van der Waals surface area contributed by atoms with E-state index in [-0.39, 0.29) is 11.0 Å². The highest BCUT2D eigenvalue weighted by Crippen LogP contribution is 2.20. The number of aromatic carboxylic acids is 1. The molecule has 0 unspecified atom stereocenters. The van der Waals surface area contributed by atoms with Crippen molar-refractivity contribution in [3.8, 4) is 0 Å². The summed E-state index contributed by atoms with van der Waals surface area (Å²) in [4.78, 5) is 29.6. The highest BCUT2D eigenvalue weighted by Gasteiger charge is 2.08. The van der Waals surface area contributed by atoms with Crippen molar-refractivity contribution < 1.29 is 9.90 Å². The van der Waals surface area contributed by atoms with Crippen LogP contribution in [-0.4, -0.2) is 21.0 Å². The number of hydrogen-bond donors (Lipinski definition) is 2. The molecule has 0 saturated heterocycles. The number of carbonyl (C=O) groups is 1. The third-order valence-electron chi connectivity index (χ3n) is 2.83. The molecule has 18 heavy (non-hydrogen) atoms. The molecular weight excluding hydrogens is 232 g/mol. The van der Waals surface area contributed by atoms with E-state index in [1.165, 1.54) is 18.3 Å². The molecular formula is C13H8N2O3. The van der Waals surface area contributed by atoms with Crippen LogP contribution in [0, 0.1) is 0 Å². The molecule has 5 nitrogen and oxygen atoms in total. The molecule has 2 N–H and O–H groups in total. The molecule has 0 aliphatic heterocycles. The zero-order valence-electron chi connectivity index (χ0n) is 9.18. The van der Waals surface area contributed by atoms with Gasteiger partial charge in [0.05, 0.1) is 16.6 Å². The molecule has 0 saturated carbocycles. The van der Waals surface area contributed by atoms with Crippen LogP contribution in [0.4, 0.5) is 0 Å². The van der Waals surface area contributed by atoms with Crippen LogP contribution < -0.4 is 5.43 Å². The van der Waals surface area contributed by atoms with E-state index in [2.05, 4.69) is 9.97 Å². The lowest BCUT2D eigenvalue weighted by Gasteiger charge is -2.03. The molecule has 0 radical (unpaired) electrons. The topological polar surface area (TPSA) is 83.0 Å². The first-order valence-electron chi connectivity index (χ1n) is 5.30. The summed E-state index contributed by atoms with van der Waals surface area (Å²) >= 11 is 0. The summed E-state index contributed by atoms with van der Waals surface area (Å²) in [5, 5.41) is 10.1. The van der Waals surface area contributed by atoms with Crippen LogP contribution in [0.1, 0.15) is 10.4 Å². The largest absolute Gasteiger partial charge is 0.478 e. The quantitative estimate of drug-likeness (QED) is 0.635. The van der Waals surface area contributed by atoms with Crippen LogP contribution in [0.15, 0.2) is 41.5 Å². The van der Waals surface area contributed by atoms with E-state index in [1.807, 2.05) is 0 Å². The van der Waals surface area contributed by atoms with E-state index in [4.69, 9.17) is 5.11 Å². The Kier molecular flexibility index (Phi) is 2.13. The number of nitrogens with one attached hydrogen (secondary N) is 1. The van der Waals surface area contributed by atoms with Crippen LogP contribution in [0.5, 0.6) is 0 Å². The number of aromatic amines is 1. The summed E-state index contributed by atoms with van der Waals surface area (Å²) in [6.45, 7) is 0. The van der Waals surface area contributed by atoms with Gasteiger partial charge in [-0.3, -0.25) is 9.78 Å². The van der Waals surface area contributed by atoms with Gasteiger partial charge in [-0.25, -0.2) is 4.79 Å². The van der Waals surface area contributed by atoms with Gasteiger partial charge in [-0.1, -0.05) is 6.07 Å². The number of benzene rings is 1. The Morgan fingerprint density at radius 1 is 1.28 bits per heavy atom. The summed E-state index contributed by atoms with van der Waals surface area (Å²) in [6, 6.07) is 6.35. The number of pyridine rings is 2. The number of rotatable bonds is 1. The zero-order valence-corrected chi connectivity index (χ0v) is 9.18. The maximum atomic E-state index is 11.7. The van der Waals surface area contributed by atoms with Gasteiger partial charge in [0.1, 0.15) is 0 Å². The van der Waals surface area contributed by atoms with Gasteiger partial charge in [0.25, 0.3) is 0 Å². The Morgan fingerprint density at radius 2 is 2.11 bits per heavy atom. The van der Waals surface area contributed by atoms with Crippen molar-refractivity contribution in [1.29, 1.82) is 0 Å². The average Bonchev–Trinajstić information content (AvgIpc) is 2.38. The first-order chi connectivity index (χ1) is 8.66. The van der Waals surface area contributed by atoms with E-state index in [0.717, 1.165) is 0 Å². The highest BCUT2D eigenvalue weighted by atomic mass is 16.4. The van der Waals surface area contributed by atoms with Gasteiger partial charge < -0.3 is 10.1 Å². The predicted octanol–water partition coefficient (Wildman–Crippen LogP) is 1.77. The van der Waals surface area contributed by atoms with Crippen LogP contribution in [0.25, 0.3) is 21.8 Å². The maximum absolute atomic E-state index is 11.7. The summed E-state index contributed by atoms with van der Waals surface area (Å²) in [6.07, 6.45) is 2.84. The van der Waals surface area contributed by atoms with E-state index in [1.54, 1.807) is 18.3 Å². The normalized spacial score (nSPS) is 10.9. The summed E-state index contributed by atoms with van der Waals surface area (Å²) in [5.41, 5.74) is 1.25. The molecule has 3 rings (SSSR count). The highest BCUT2D eigenvalue weighted by molar-refractivity contribution is 6.04. The van der Waals surface area contributed by atoms with Gasteiger partial charge in [-0.05, 0) is 12.1 Å². The maximum Gasteiger partial charge on any atom is 0.337 e. The van der Waals surface area contributed by atoms with Crippen LogP contribution in [0.3, 0.4) is 0 Å². The minimum absolute atomic E-state index is 0.0882. The Labute approximate surface area is 101 Å². The number of hydrogen-bond acceptors (Lipinski definition) is 3. The molecule has 0 aliphatic rings. The third kappa shape index (κ3) is 1.45. The lowest BCUT2D eigenvalue weighted by molar-refractivity contribution is 0.0696. The lowest BCUT2D eigenvalue weighted by atomic mass is 10.1. The average molecular weight is 240 g/mol. The molecule has 0 bridgehead atoms. The third-order valence-corrected chi connectivity index (χ3v) is 2.83. The van der Waals surface area contributed by atoms with Gasteiger partial charge in [-0.15, -0.1) is 0 Å². The molecule has 5 heteroatoms. The second kappa shape index (κ2) is 3.66. The van der Waals surface area contributed by atoms with Crippen LogP contribution in [0.2, 0.25) is 0 Å². The van der Waals surface area contributed by atoms with Crippen molar-refractivity contribution in [2.75, 3.05) is 0 Å². The SMILES string of the molecule is O=C(O)c1cnc2c(ccc3c(=O)cc[nH]c32)c1. The fourth-order valence-corrected chi connectivity index (χ4v) is 1.96. The number of nitrogens with zero attached hydrogens (tertiary/aromatic N) is 1. The minimum atomic E-state index is -1.02. The van der Waals surface area contributed by atoms with Crippen LogP contribution >= 0.6 is 0 Å². The summed E-state index contributed by atoms with van der Waals surface area (Å²) < 4.78 is 0. The van der Waals surface area contributed by atoms with Gasteiger partial charge >= 0.3 is 5.97 Å². The molecule has 0 atom stereocenters. The Bertz CT molecular complexity index is 836. The second-order valence-corrected chi connectivity index (χ2v) is 3.93. The summed E-state index contributed by atoms with van der Waals surface area (Å²) in [7, 11) is 0. The second-order valence-electron chi connectivity index (χ2n) is 3.93. The molecule has 0 fully saturated rings. The molecule has 1 aromatic carbocycles. The van der Waals surface area contributed by atoms with Crippen molar-refractivity contribution in [3.05, 3.63) is 52.4 Å². The van der Waals surface area contributed by atoms with Crippen molar-refractivity contribution in [2.24, 2.45) is 0 Å². The monoisotopic (exact) mass is 240 g/mol. The first kappa shape index (κ1) is 10.5. The molecule has 3 aromatic rings. The Hall–Kier alpha value is -2.69. The number of aromatic nitrogens is 2. The fraction of sp³-hybridized carbons (Fsp3) is 0. The molecule has 0 aliphatic carbocycles. The molecule has 88 valence electrons. The predicted molar refractivity (Wildman–Crippen MR) is 66.8 cm³/mol. The Morgan fingerprint density at radius 3 is 2.89 bits per heavy atom. The van der Waals surface area contributed by atoms with E-state index < -0.39 is 5.97 Å². The first-order valence-corrected chi connectivity index (χ1v) is 5.30. The molecule has 0 spiro atoms. The fourth-order valence-electron chi connectivity index (χ4n) is 1.96. The number of fused-ring (bicyclic) bond motifs is 3. The Balaban J connectivity index is 2.46. The van der Waals surface area contributed by atoms with E-state index >= 15 is 0 Å². The van der Waals surface area contributed by atoms with Crippen molar-refractivity contribution in [3.63, 3.8) is 0 Å². The van der Waals surface area contributed by atoms with E-state index in [0.29, 0.717) is 21.8 Å². The van der Waals surface area contributed by atoms with Gasteiger partial charge in [0.15, 0.2) is 5.43 Å². The number of H-pyrrole nitrogens is 1. The smallest absolute Gasteiger partial charge is 0.337 e. The number of carboxylic acid groups (broad SMARTS) is 1. The van der Waals surface area contributed by atoms with Crippen LogP contribution in [-0.2, 0) is 0 Å².